The van der Waals surface area contributed by atoms with Crippen LogP contribution in [-0.2, 0) is 0 Å². The van der Waals surface area contributed by atoms with Crippen LogP contribution in [0, 0.1) is 0 Å². The van der Waals surface area contributed by atoms with Gasteiger partial charge in [0.1, 0.15) is 0 Å². The first-order chi connectivity index (χ1) is 9.36. The fraction of sp³-hybridized carbons (Fsp3) is 0. The molecule has 0 N–H and O–H groups in total. The lowest BCUT2D eigenvalue weighted by Crippen LogP contribution is -1.92. The summed E-state index contributed by atoms with van der Waals surface area (Å²) in [5.41, 5.74) is 3.97. The van der Waals surface area contributed by atoms with Crippen molar-refractivity contribution in [2.24, 2.45) is 0 Å². The molecule has 0 radical (unpaired) electrons. The molecule has 19 heavy (non-hydrogen) atoms. The van der Waals surface area contributed by atoms with E-state index in [0.717, 1.165) is 27.0 Å². The number of pyridine rings is 2. The Morgan fingerprint density at radius 2 is 1.53 bits per heavy atom. The van der Waals surface area contributed by atoms with Crippen LogP contribution in [0.5, 0.6) is 0 Å². The van der Waals surface area contributed by atoms with Crippen molar-refractivity contribution in [3.05, 3.63) is 71.5 Å². The van der Waals surface area contributed by atoms with E-state index in [4.69, 9.17) is 0 Å². The minimum absolute atomic E-state index is 0.877. The van der Waals surface area contributed by atoms with Gasteiger partial charge in [-0.2, -0.15) is 0 Å². The number of hydrogen-bond acceptors (Lipinski definition) is 2. The van der Waals surface area contributed by atoms with Gasteiger partial charge >= 0.3 is 0 Å². The number of aromatic nitrogens is 2. The highest BCUT2D eigenvalue weighted by Crippen LogP contribution is 2.34. The predicted molar refractivity (Wildman–Crippen MR) is 80.6 cm³/mol. The molecule has 0 spiro atoms. The van der Waals surface area contributed by atoms with E-state index >= 15 is 0 Å². The molecule has 0 aliphatic carbocycles. The average Bonchev–Trinajstić information content (AvgIpc) is 2.49. The van der Waals surface area contributed by atoms with Gasteiger partial charge in [0.2, 0.25) is 0 Å². The molecule has 3 rings (SSSR count). The maximum Gasteiger partial charge on any atom is 0.0975 e. The highest BCUT2D eigenvalue weighted by Gasteiger charge is 2.12. The first-order valence-corrected chi connectivity index (χ1v) is 6.77. The number of benzene rings is 1. The third-order valence-corrected chi connectivity index (χ3v) is 3.53. The van der Waals surface area contributed by atoms with E-state index in [0.29, 0.717) is 0 Å². The molecule has 2 nitrogen and oxygen atoms in total. The van der Waals surface area contributed by atoms with Gasteiger partial charge in [-0.25, -0.2) is 0 Å². The quantitative estimate of drug-likeness (QED) is 0.692. The Balaban J connectivity index is 2.25. The normalized spacial score (nSPS) is 10.4. The SMILES string of the molecule is Brc1ccnc(-c2ccccn2)c1-c1ccccc1. The Bertz CT molecular complexity index is 682. The molecule has 0 atom stereocenters. The van der Waals surface area contributed by atoms with Gasteiger partial charge in [-0.3, -0.25) is 9.97 Å². The molecule has 0 saturated heterocycles. The summed E-state index contributed by atoms with van der Waals surface area (Å²) in [6.07, 6.45) is 3.58. The topological polar surface area (TPSA) is 25.8 Å². The molecule has 92 valence electrons. The van der Waals surface area contributed by atoms with Gasteiger partial charge in [0.15, 0.2) is 0 Å². The average molecular weight is 311 g/mol. The molecular formula is C16H11BrN2. The minimum atomic E-state index is 0.877. The van der Waals surface area contributed by atoms with E-state index in [1.807, 2.05) is 42.5 Å². The molecule has 0 aliphatic rings. The molecule has 2 aromatic heterocycles. The van der Waals surface area contributed by atoms with Gasteiger partial charge in [0.05, 0.1) is 11.4 Å². The van der Waals surface area contributed by atoms with Crippen molar-refractivity contribution in [3.8, 4) is 22.5 Å². The van der Waals surface area contributed by atoms with Crippen LogP contribution in [0.4, 0.5) is 0 Å². The molecule has 0 bridgehead atoms. The van der Waals surface area contributed by atoms with Gasteiger partial charge in [-0.05, 0) is 23.8 Å². The highest BCUT2D eigenvalue weighted by molar-refractivity contribution is 9.10. The Morgan fingerprint density at radius 1 is 0.737 bits per heavy atom. The van der Waals surface area contributed by atoms with E-state index in [2.05, 4.69) is 38.0 Å². The zero-order valence-electron chi connectivity index (χ0n) is 10.1. The smallest absolute Gasteiger partial charge is 0.0975 e. The Morgan fingerprint density at radius 3 is 2.26 bits per heavy atom. The van der Waals surface area contributed by atoms with E-state index in [9.17, 15) is 0 Å². The van der Waals surface area contributed by atoms with Crippen LogP contribution in [0.2, 0.25) is 0 Å². The molecular weight excluding hydrogens is 300 g/mol. The van der Waals surface area contributed by atoms with Crippen LogP contribution < -0.4 is 0 Å². The van der Waals surface area contributed by atoms with E-state index in [1.165, 1.54) is 0 Å². The molecule has 0 saturated carbocycles. The van der Waals surface area contributed by atoms with Crippen LogP contribution in [0.15, 0.2) is 71.5 Å². The summed E-state index contributed by atoms with van der Waals surface area (Å²) in [6.45, 7) is 0. The zero-order chi connectivity index (χ0) is 13.1. The van der Waals surface area contributed by atoms with Crippen LogP contribution in [-0.4, -0.2) is 9.97 Å². The zero-order valence-corrected chi connectivity index (χ0v) is 11.7. The molecule has 1 aromatic carbocycles. The second-order valence-electron chi connectivity index (χ2n) is 4.10. The van der Waals surface area contributed by atoms with Crippen LogP contribution in [0.3, 0.4) is 0 Å². The largest absolute Gasteiger partial charge is 0.255 e. The lowest BCUT2D eigenvalue weighted by molar-refractivity contribution is 1.24. The summed E-state index contributed by atoms with van der Waals surface area (Å²) < 4.78 is 1.02. The molecule has 3 aromatic rings. The third-order valence-electron chi connectivity index (χ3n) is 2.87. The van der Waals surface area contributed by atoms with Crippen molar-refractivity contribution in [2.75, 3.05) is 0 Å². The predicted octanol–water partition coefficient (Wildman–Crippen LogP) is 4.57. The summed E-state index contributed by atoms with van der Waals surface area (Å²) in [7, 11) is 0. The molecule has 3 heteroatoms. The summed E-state index contributed by atoms with van der Waals surface area (Å²) in [5, 5.41) is 0. The number of halogens is 1. The van der Waals surface area contributed by atoms with Gasteiger partial charge in [0, 0.05) is 22.4 Å². The van der Waals surface area contributed by atoms with E-state index in [1.54, 1.807) is 12.4 Å². The minimum Gasteiger partial charge on any atom is -0.255 e. The monoisotopic (exact) mass is 310 g/mol. The lowest BCUT2D eigenvalue weighted by atomic mass is 10.0. The highest BCUT2D eigenvalue weighted by atomic mass is 79.9. The first kappa shape index (κ1) is 12.1. The second kappa shape index (κ2) is 5.33. The number of rotatable bonds is 2. The Labute approximate surface area is 120 Å². The third kappa shape index (κ3) is 2.42. The number of nitrogens with zero attached hydrogens (tertiary/aromatic N) is 2. The summed E-state index contributed by atoms with van der Waals surface area (Å²) >= 11 is 3.61. The molecule has 2 heterocycles. The summed E-state index contributed by atoms with van der Waals surface area (Å²) in [5.74, 6) is 0. The maximum atomic E-state index is 4.49. The first-order valence-electron chi connectivity index (χ1n) is 5.97. The van der Waals surface area contributed by atoms with Gasteiger partial charge in [0.25, 0.3) is 0 Å². The second-order valence-corrected chi connectivity index (χ2v) is 4.95. The van der Waals surface area contributed by atoms with Crippen molar-refractivity contribution >= 4 is 15.9 Å². The molecule has 0 aliphatic heterocycles. The van der Waals surface area contributed by atoms with Crippen LogP contribution >= 0.6 is 15.9 Å². The van der Waals surface area contributed by atoms with E-state index < -0.39 is 0 Å². The molecule has 0 fully saturated rings. The fourth-order valence-electron chi connectivity index (χ4n) is 2.01. The number of hydrogen-bond donors (Lipinski definition) is 0. The standard InChI is InChI=1S/C16H11BrN2/c17-13-9-11-19-16(14-8-4-5-10-18-14)15(13)12-6-2-1-3-7-12/h1-11H. The Kier molecular flexibility index (Phi) is 3.38. The lowest BCUT2D eigenvalue weighted by Gasteiger charge is -2.10. The van der Waals surface area contributed by atoms with Crippen molar-refractivity contribution in [1.82, 2.24) is 9.97 Å². The van der Waals surface area contributed by atoms with Crippen molar-refractivity contribution in [1.29, 1.82) is 0 Å². The molecule has 0 amide bonds. The van der Waals surface area contributed by atoms with Crippen molar-refractivity contribution < 1.29 is 0 Å². The fourth-order valence-corrected chi connectivity index (χ4v) is 2.55. The van der Waals surface area contributed by atoms with Crippen LogP contribution in [0.25, 0.3) is 22.5 Å². The summed E-state index contributed by atoms with van der Waals surface area (Å²) in [4.78, 5) is 8.89. The molecule has 0 unspecified atom stereocenters. The van der Waals surface area contributed by atoms with Crippen LogP contribution in [0.1, 0.15) is 0 Å². The van der Waals surface area contributed by atoms with Gasteiger partial charge in [-0.15, -0.1) is 0 Å². The van der Waals surface area contributed by atoms with E-state index in [-0.39, 0.29) is 0 Å². The van der Waals surface area contributed by atoms with Gasteiger partial charge < -0.3 is 0 Å². The van der Waals surface area contributed by atoms with Gasteiger partial charge in [-0.1, -0.05) is 52.3 Å². The van der Waals surface area contributed by atoms with Crippen molar-refractivity contribution in [3.63, 3.8) is 0 Å². The maximum absolute atomic E-state index is 4.49. The van der Waals surface area contributed by atoms with Crippen molar-refractivity contribution in [2.45, 2.75) is 0 Å². The Hall–Kier alpha value is -2.00. The summed E-state index contributed by atoms with van der Waals surface area (Å²) in [6, 6.07) is 18.0.